The molecule has 1 saturated heterocycles. The van der Waals surface area contributed by atoms with E-state index in [1.165, 1.54) is 11.3 Å². The summed E-state index contributed by atoms with van der Waals surface area (Å²) in [5, 5.41) is 4.01. The standard InChI is InChI=1S/C30H40N6O4S/c1-17-7-10-21-25(31)26(41-28(21)32-17)27(37)33-20-9-11-22-18(13-20)8-12-24(34-22)36-14-19(16-39-6)23(15-36)35(5)29(38)40-30(2,3)4/h7-8,10,12,19-20,23H,9,11,13-16,31H2,1-6H3,(H,33,37)/t19-,20+,23+/m1/s1. The molecule has 2 aliphatic rings. The van der Waals surface area contributed by atoms with Crippen LogP contribution in [-0.4, -0.2) is 78.4 Å². The van der Waals surface area contributed by atoms with Crippen LogP contribution < -0.4 is 16.0 Å². The number of carbonyl (C=O) groups excluding carboxylic acids is 2. The first kappa shape index (κ1) is 29.1. The van der Waals surface area contributed by atoms with Gasteiger partial charge < -0.3 is 30.3 Å². The summed E-state index contributed by atoms with van der Waals surface area (Å²) in [6, 6.07) is 7.95. The number of nitrogens with zero attached hydrogens (tertiary/aromatic N) is 4. The summed E-state index contributed by atoms with van der Waals surface area (Å²) in [7, 11) is 3.48. The average Bonchev–Trinajstić information content (AvgIpc) is 3.48. The Kier molecular flexibility index (Phi) is 8.11. The second kappa shape index (κ2) is 11.4. The van der Waals surface area contributed by atoms with E-state index in [-0.39, 0.29) is 30.0 Å². The summed E-state index contributed by atoms with van der Waals surface area (Å²) in [5.74, 6) is 0.881. The number of rotatable bonds is 6. The summed E-state index contributed by atoms with van der Waals surface area (Å²) >= 11 is 1.34. The number of hydrogen-bond acceptors (Lipinski definition) is 9. The van der Waals surface area contributed by atoms with E-state index in [4.69, 9.17) is 20.2 Å². The summed E-state index contributed by atoms with van der Waals surface area (Å²) in [5.41, 5.74) is 9.34. The molecule has 0 radical (unpaired) electrons. The number of nitrogens with two attached hydrogens (primary N) is 1. The van der Waals surface area contributed by atoms with Crippen molar-refractivity contribution in [1.82, 2.24) is 20.2 Å². The molecular formula is C30H40N6O4S. The van der Waals surface area contributed by atoms with E-state index in [0.29, 0.717) is 30.1 Å². The second-order valence-electron chi connectivity index (χ2n) is 12.1. The fourth-order valence-electron chi connectivity index (χ4n) is 5.74. The molecule has 3 aromatic heterocycles. The van der Waals surface area contributed by atoms with Gasteiger partial charge in [-0.3, -0.25) is 4.79 Å². The Bertz CT molecular complexity index is 1450. The molecule has 0 aromatic carbocycles. The van der Waals surface area contributed by atoms with Crippen molar-refractivity contribution in [2.24, 2.45) is 5.92 Å². The van der Waals surface area contributed by atoms with Crippen LogP contribution in [0.25, 0.3) is 10.2 Å². The SMILES string of the molecule is COC[C@H]1CN(c2ccc3c(n2)CC[C@H](NC(=O)c2sc4nc(C)ccc4c2N)C3)C[C@@H]1N(C)C(=O)OC(C)(C)C. The van der Waals surface area contributed by atoms with E-state index in [2.05, 4.69) is 21.3 Å². The van der Waals surface area contributed by atoms with Crippen molar-refractivity contribution in [3.05, 3.63) is 46.1 Å². The fourth-order valence-corrected chi connectivity index (χ4v) is 6.78. The van der Waals surface area contributed by atoms with Crippen LogP contribution in [0, 0.1) is 12.8 Å². The molecule has 2 amide bonds. The number of likely N-dealkylation sites (N-methyl/N-ethyl adjacent to an activating group) is 1. The number of pyridine rings is 2. The molecule has 41 heavy (non-hydrogen) atoms. The maximum Gasteiger partial charge on any atom is 0.410 e. The molecule has 3 atom stereocenters. The topological polar surface area (TPSA) is 123 Å². The van der Waals surface area contributed by atoms with E-state index < -0.39 is 5.60 Å². The molecule has 1 aliphatic carbocycles. The number of carbonyl (C=O) groups is 2. The van der Waals surface area contributed by atoms with Crippen molar-refractivity contribution in [3.63, 3.8) is 0 Å². The number of amides is 2. The number of methoxy groups -OCH3 is 1. The quantitative estimate of drug-likeness (QED) is 0.445. The number of nitrogen functional groups attached to an aromatic ring is 1. The Labute approximate surface area is 245 Å². The van der Waals surface area contributed by atoms with Crippen LogP contribution >= 0.6 is 11.3 Å². The average molecular weight is 581 g/mol. The van der Waals surface area contributed by atoms with Crippen LogP contribution in [0.2, 0.25) is 0 Å². The van der Waals surface area contributed by atoms with Crippen LogP contribution in [0.5, 0.6) is 0 Å². The molecule has 1 aliphatic heterocycles. The normalized spacial score (nSPS) is 20.6. The number of hydrogen-bond donors (Lipinski definition) is 2. The number of nitrogens with one attached hydrogen (secondary N) is 1. The summed E-state index contributed by atoms with van der Waals surface area (Å²) in [6.45, 7) is 9.47. The van der Waals surface area contributed by atoms with Crippen molar-refractivity contribution in [2.45, 2.75) is 64.6 Å². The summed E-state index contributed by atoms with van der Waals surface area (Å²) in [4.78, 5) is 40.7. The third-order valence-corrected chi connectivity index (χ3v) is 8.93. The van der Waals surface area contributed by atoms with Gasteiger partial charge in [-0.05, 0) is 70.7 Å². The molecule has 10 nitrogen and oxygen atoms in total. The molecule has 11 heteroatoms. The Hall–Kier alpha value is -3.44. The molecule has 1 fully saturated rings. The predicted molar refractivity (Wildman–Crippen MR) is 162 cm³/mol. The number of anilines is 2. The number of thiophene rings is 1. The molecule has 0 unspecified atom stereocenters. The Morgan fingerprint density at radius 2 is 1.98 bits per heavy atom. The first-order valence-corrected chi connectivity index (χ1v) is 14.9. The molecule has 3 N–H and O–H groups in total. The van der Waals surface area contributed by atoms with Crippen molar-refractivity contribution < 1.29 is 19.1 Å². The zero-order valence-corrected chi connectivity index (χ0v) is 25.5. The molecule has 0 saturated carbocycles. The highest BCUT2D eigenvalue weighted by Crippen LogP contribution is 2.33. The number of aromatic nitrogens is 2. The minimum Gasteiger partial charge on any atom is -0.444 e. The van der Waals surface area contributed by atoms with Gasteiger partial charge >= 0.3 is 6.09 Å². The van der Waals surface area contributed by atoms with Crippen molar-refractivity contribution in [1.29, 1.82) is 0 Å². The van der Waals surface area contributed by atoms with Crippen LogP contribution in [0.1, 0.15) is 53.8 Å². The lowest BCUT2D eigenvalue weighted by atomic mass is 9.91. The van der Waals surface area contributed by atoms with Gasteiger partial charge in [0.1, 0.15) is 21.1 Å². The molecular weight excluding hydrogens is 540 g/mol. The van der Waals surface area contributed by atoms with E-state index in [0.717, 1.165) is 52.4 Å². The number of fused-ring (bicyclic) bond motifs is 2. The molecule has 0 bridgehead atoms. The zero-order chi connectivity index (χ0) is 29.5. The highest BCUT2D eigenvalue weighted by atomic mass is 32.1. The largest absolute Gasteiger partial charge is 0.444 e. The summed E-state index contributed by atoms with van der Waals surface area (Å²) in [6.07, 6.45) is 1.95. The lowest BCUT2D eigenvalue weighted by Gasteiger charge is -2.31. The van der Waals surface area contributed by atoms with Gasteiger partial charge in [0.05, 0.1) is 18.3 Å². The van der Waals surface area contributed by atoms with Crippen LogP contribution in [0.3, 0.4) is 0 Å². The van der Waals surface area contributed by atoms with Crippen molar-refractivity contribution in [2.75, 3.05) is 44.5 Å². The van der Waals surface area contributed by atoms with Gasteiger partial charge in [-0.15, -0.1) is 11.3 Å². The highest BCUT2D eigenvalue weighted by molar-refractivity contribution is 7.21. The monoisotopic (exact) mass is 580 g/mol. The second-order valence-corrected chi connectivity index (χ2v) is 13.1. The molecule has 5 rings (SSSR count). The van der Waals surface area contributed by atoms with Crippen LogP contribution in [0.15, 0.2) is 24.3 Å². The first-order chi connectivity index (χ1) is 19.4. The van der Waals surface area contributed by atoms with E-state index >= 15 is 0 Å². The smallest absolute Gasteiger partial charge is 0.410 e. The zero-order valence-electron chi connectivity index (χ0n) is 24.7. The van der Waals surface area contributed by atoms with Crippen molar-refractivity contribution >= 4 is 45.1 Å². The van der Waals surface area contributed by atoms with Gasteiger partial charge in [0, 0.05) is 56.0 Å². The fraction of sp³-hybridized carbons (Fsp3) is 0.533. The van der Waals surface area contributed by atoms with E-state index in [1.54, 1.807) is 19.1 Å². The maximum atomic E-state index is 13.1. The van der Waals surface area contributed by atoms with Gasteiger partial charge in [0.2, 0.25) is 0 Å². The van der Waals surface area contributed by atoms with Gasteiger partial charge in [0.25, 0.3) is 5.91 Å². The molecule has 3 aromatic rings. The van der Waals surface area contributed by atoms with Crippen LogP contribution in [0.4, 0.5) is 16.3 Å². The molecule has 0 spiro atoms. The lowest BCUT2D eigenvalue weighted by Crippen LogP contribution is -2.45. The van der Waals surface area contributed by atoms with E-state index in [9.17, 15) is 9.59 Å². The molecule has 220 valence electrons. The highest BCUT2D eigenvalue weighted by Gasteiger charge is 2.39. The van der Waals surface area contributed by atoms with Gasteiger partial charge in [-0.1, -0.05) is 6.07 Å². The summed E-state index contributed by atoms with van der Waals surface area (Å²) < 4.78 is 11.1. The minimum absolute atomic E-state index is 0.00619. The molecule has 4 heterocycles. The lowest BCUT2D eigenvalue weighted by molar-refractivity contribution is 0.0161. The van der Waals surface area contributed by atoms with Gasteiger partial charge in [-0.2, -0.15) is 0 Å². The first-order valence-electron chi connectivity index (χ1n) is 14.1. The van der Waals surface area contributed by atoms with Crippen molar-refractivity contribution in [3.8, 4) is 0 Å². The predicted octanol–water partition coefficient (Wildman–Crippen LogP) is 4.19. The number of ether oxygens (including phenoxy) is 2. The Morgan fingerprint density at radius 3 is 2.71 bits per heavy atom. The van der Waals surface area contributed by atoms with Gasteiger partial charge in [0.15, 0.2) is 0 Å². The Morgan fingerprint density at radius 1 is 1.20 bits per heavy atom. The third kappa shape index (κ3) is 6.25. The van der Waals surface area contributed by atoms with E-state index in [1.807, 2.05) is 45.9 Å². The van der Waals surface area contributed by atoms with Gasteiger partial charge in [-0.25, -0.2) is 14.8 Å². The maximum absolute atomic E-state index is 13.1. The minimum atomic E-state index is -0.557. The third-order valence-electron chi connectivity index (χ3n) is 7.81. The van der Waals surface area contributed by atoms with Crippen LogP contribution in [-0.2, 0) is 22.3 Å². The number of aryl methyl sites for hydroxylation is 2. The Balaban J connectivity index is 1.25.